The van der Waals surface area contributed by atoms with Crippen LogP contribution in [-0.4, -0.2) is 0 Å². The van der Waals surface area contributed by atoms with Gasteiger partial charge in [-0.1, -0.05) is 109 Å². The van der Waals surface area contributed by atoms with Gasteiger partial charge in [0.1, 0.15) is 0 Å². The predicted molar refractivity (Wildman–Crippen MR) is 205 cm³/mol. The summed E-state index contributed by atoms with van der Waals surface area (Å²) in [5.74, 6) is 0. The lowest BCUT2D eigenvalue weighted by Gasteiger charge is -2.34. The van der Waals surface area contributed by atoms with Crippen molar-refractivity contribution in [2.45, 2.75) is 0 Å². The molecule has 1 aliphatic heterocycles. The van der Waals surface area contributed by atoms with Gasteiger partial charge in [0.25, 0.3) is 0 Å². The van der Waals surface area contributed by atoms with Gasteiger partial charge in [0.2, 0.25) is 0 Å². The minimum atomic E-state index is 1.11. The minimum Gasteiger partial charge on any atom is -0.310 e. The zero-order chi connectivity index (χ0) is 31.6. The van der Waals surface area contributed by atoms with Crippen LogP contribution >= 0.6 is 0 Å². The molecule has 0 amide bonds. The monoisotopic (exact) mass is 610 g/mol. The Bertz CT molecular complexity index is 2680. The molecule has 9 aromatic rings. The Labute approximate surface area is 279 Å². The van der Waals surface area contributed by atoms with E-state index in [2.05, 4.69) is 192 Å². The van der Waals surface area contributed by atoms with E-state index in [0.717, 1.165) is 22.7 Å². The van der Waals surface area contributed by atoms with Gasteiger partial charge in [-0.15, -0.1) is 0 Å². The van der Waals surface area contributed by atoms with Gasteiger partial charge < -0.3 is 9.80 Å². The molecule has 224 valence electrons. The van der Waals surface area contributed by atoms with Gasteiger partial charge >= 0.3 is 0 Å². The molecule has 0 saturated carbocycles. The summed E-state index contributed by atoms with van der Waals surface area (Å²) >= 11 is 0. The van der Waals surface area contributed by atoms with Crippen LogP contribution in [-0.2, 0) is 0 Å². The lowest BCUT2D eigenvalue weighted by molar-refractivity contribution is 1.26. The fourth-order valence-electron chi connectivity index (χ4n) is 7.62. The highest BCUT2D eigenvalue weighted by Gasteiger charge is 2.25. The van der Waals surface area contributed by atoms with Gasteiger partial charge in [-0.25, -0.2) is 0 Å². The van der Waals surface area contributed by atoms with Crippen LogP contribution in [0.1, 0.15) is 0 Å². The molecule has 1 heterocycles. The van der Waals surface area contributed by atoms with E-state index in [1.54, 1.807) is 0 Å². The third-order valence-electron chi connectivity index (χ3n) is 9.86. The molecule has 0 saturated heterocycles. The number of rotatable bonds is 4. The Balaban J connectivity index is 1.13. The van der Waals surface area contributed by atoms with Crippen molar-refractivity contribution in [2.75, 3.05) is 9.80 Å². The summed E-state index contributed by atoms with van der Waals surface area (Å²) in [5.41, 5.74) is 9.46. The number of hydrogen-bond acceptors (Lipinski definition) is 2. The first-order valence-corrected chi connectivity index (χ1v) is 16.5. The van der Waals surface area contributed by atoms with Crippen LogP contribution in [0.5, 0.6) is 0 Å². The Kier molecular flexibility index (Phi) is 5.91. The highest BCUT2D eigenvalue weighted by Crippen LogP contribution is 2.51. The van der Waals surface area contributed by atoms with Crippen LogP contribution in [0.2, 0.25) is 0 Å². The second-order valence-corrected chi connectivity index (χ2v) is 12.6. The first-order valence-electron chi connectivity index (χ1n) is 16.5. The van der Waals surface area contributed by atoms with E-state index in [4.69, 9.17) is 0 Å². The number of para-hydroxylation sites is 1. The van der Waals surface area contributed by atoms with Crippen LogP contribution in [0.15, 0.2) is 182 Å². The third-order valence-corrected chi connectivity index (χ3v) is 9.86. The zero-order valence-electron chi connectivity index (χ0n) is 26.2. The molecule has 10 rings (SSSR count). The standard InChI is InChI=1S/C46H30N2/c1-2-12-35-29-40(21-19-31(35)9-1)47(41-22-20-36-27-33-10-3-4-11-34(33)28-37(36)30-41)38-23-25-39(26-24-38)48-44-17-6-5-15-42(44)43-16-7-13-32-14-8-18-45(48)46(32)43/h1-30H. The Morgan fingerprint density at radius 3 is 1.58 bits per heavy atom. The SMILES string of the molecule is c1ccc2c(c1)-c1cccc3cccc(c13)N2c1ccc(N(c2ccc3ccccc3c2)c2ccc3cc4ccccc4cc3c2)cc1. The number of anilines is 6. The van der Waals surface area contributed by atoms with Crippen LogP contribution in [0.4, 0.5) is 34.1 Å². The average Bonchev–Trinajstić information content (AvgIpc) is 3.15. The van der Waals surface area contributed by atoms with Gasteiger partial charge in [0, 0.05) is 33.7 Å². The summed E-state index contributed by atoms with van der Waals surface area (Å²) in [6.07, 6.45) is 0. The Morgan fingerprint density at radius 1 is 0.312 bits per heavy atom. The number of nitrogens with zero attached hydrogens (tertiary/aromatic N) is 2. The van der Waals surface area contributed by atoms with E-state index in [-0.39, 0.29) is 0 Å². The van der Waals surface area contributed by atoms with Crippen LogP contribution in [0.25, 0.3) is 54.2 Å². The number of hydrogen-bond donors (Lipinski definition) is 0. The molecule has 48 heavy (non-hydrogen) atoms. The van der Waals surface area contributed by atoms with Crippen molar-refractivity contribution in [3.8, 4) is 11.1 Å². The summed E-state index contributed by atoms with van der Waals surface area (Å²) in [5, 5.41) is 9.99. The Morgan fingerprint density at radius 2 is 0.812 bits per heavy atom. The summed E-state index contributed by atoms with van der Waals surface area (Å²) in [6, 6.07) is 66.4. The molecule has 0 spiro atoms. The van der Waals surface area contributed by atoms with Crippen molar-refractivity contribution in [3.05, 3.63) is 182 Å². The van der Waals surface area contributed by atoms with Crippen molar-refractivity contribution >= 4 is 77.2 Å². The van der Waals surface area contributed by atoms with Gasteiger partial charge in [0.15, 0.2) is 0 Å². The maximum Gasteiger partial charge on any atom is 0.0546 e. The fraction of sp³-hybridized carbons (Fsp3) is 0. The van der Waals surface area contributed by atoms with Gasteiger partial charge in [-0.3, -0.25) is 0 Å². The molecular formula is C46H30N2. The van der Waals surface area contributed by atoms with E-state index < -0.39 is 0 Å². The third kappa shape index (κ3) is 4.20. The second-order valence-electron chi connectivity index (χ2n) is 12.6. The molecule has 0 unspecified atom stereocenters. The smallest absolute Gasteiger partial charge is 0.0546 e. The second kappa shape index (κ2) is 10.6. The van der Waals surface area contributed by atoms with Crippen LogP contribution in [0.3, 0.4) is 0 Å². The molecule has 1 aliphatic rings. The summed E-state index contributed by atoms with van der Waals surface area (Å²) in [4.78, 5) is 4.79. The van der Waals surface area contributed by atoms with Gasteiger partial charge in [0.05, 0.1) is 11.4 Å². The maximum atomic E-state index is 2.41. The molecule has 0 aliphatic carbocycles. The Hall–Kier alpha value is -6.38. The lowest BCUT2D eigenvalue weighted by atomic mass is 9.91. The van der Waals surface area contributed by atoms with Crippen molar-refractivity contribution in [2.24, 2.45) is 0 Å². The van der Waals surface area contributed by atoms with Crippen molar-refractivity contribution in [1.29, 1.82) is 0 Å². The number of benzene rings is 9. The summed E-state index contributed by atoms with van der Waals surface area (Å²) in [7, 11) is 0. The van der Waals surface area contributed by atoms with E-state index in [0.29, 0.717) is 0 Å². The van der Waals surface area contributed by atoms with Gasteiger partial charge in [-0.05, 0) is 116 Å². The lowest BCUT2D eigenvalue weighted by Crippen LogP contribution is -2.15. The summed E-state index contributed by atoms with van der Waals surface area (Å²) < 4.78 is 0. The molecule has 0 N–H and O–H groups in total. The van der Waals surface area contributed by atoms with Crippen LogP contribution in [0, 0.1) is 0 Å². The fourth-order valence-corrected chi connectivity index (χ4v) is 7.62. The van der Waals surface area contributed by atoms with Crippen molar-refractivity contribution < 1.29 is 0 Å². The zero-order valence-corrected chi connectivity index (χ0v) is 26.2. The van der Waals surface area contributed by atoms with Crippen molar-refractivity contribution in [1.82, 2.24) is 0 Å². The molecular weight excluding hydrogens is 581 g/mol. The topological polar surface area (TPSA) is 6.48 Å². The van der Waals surface area contributed by atoms with E-state index in [1.165, 1.54) is 65.6 Å². The minimum absolute atomic E-state index is 1.11. The highest BCUT2D eigenvalue weighted by atomic mass is 15.2. The molecule has 0 radical (unpaired) electrons. The molecule has 0 atom stereocenters. The van der Waals surface area contributed by atoms with E-state index in [9.17, 15) is 0 Å². The molecule has 2 heteroatoms. The molecule has 0 aromatic heterocycles. The summed E-state index contributed by atoms with van der Waals surface area (Å²) in [6.45, 7) is 0. The van der Waals surface area contributed by atoms with E-state index in [1.807, 2.05) is 0 Å². The maximum absolute atomic E-state index is 2.41. The molecule has 0 bridgehead atoms. The quantitative estimate of drug-likeness (QED) is 0.183. The normalized spacial score (nSPS) is 12.1. The average molecular weight is 611 g/mol. The molecule has 0 fully saturated rings. The van der Waals surface area contributed by atoms with Crippen LogP contribution < -0.4 is 9.80 Å². The largest absolute Gasteiger partial charge is 0.310 e. The molecule has 2 nitrogen and oxygen atoms in total. The number of fused-ring (bicyclic) bond motifs is 5. The predicted octanol–water partition coefficient (Wildman–Crippen LogP) is 13.2. The first-order chi connectivity index (χ1) is 23.8. The van der Waals surface area contributed by atoms with Crippen molar-refractivity contribution in [3.63, 3.8) is 0 Å². The molecule has 9 aromatic carbocycles. The highest BCUT2D eigenvalue weighted by molar-refractivity contribution is 6.13. The first kappa shape index (κ1) is 26.8. The van der Waals surface area contributed by atoms with E-state index >= 15 is 0 Å². The van der Waals surface area contributed by atoms with Gasteiger partial charge in [-0.2, -0.15) is 0 Å².